The first-order valence-corrected chi connectivity index (χ1v) is 10.2. The molecule has 1 aromatic carbocycles. The van der Waals surface area contributed by atoms with Gasteiger partial charge in [0.25, 0.3) is 0 Å². The summed E-state index contributed by atoms with van der Waals surface area (Å²) in [6.45, 7) is 1.50. The molecule has 0 radical (unpaired) electrons. The Labute approximate surface area is 161 Å². The van der Waals surface area contributed by atoms with Crippen molar-refractivity contribution in [2.24, 2.45) is 0 Å². The summed E-state index contributed by atoms with van der Waals surface area (Å²) in [5.41, 5.74) is 0.881. The van der Waals surface area contributed by atoms with Gasteiger partial charge in [-0.05, 0) is 41.0 Å². The fourth-order valence-corrected chi connectivity index (χ4v) is 4.48. The third kappa shape index (κ3) is 4.30. The van der Waals surface area contributed by atoms with Gasteiger partial charge in [0.1, 0.15) is 11.9 Å². The molecule has 27 heavy (non-hydrogen) atoms. The van der Waals surface area contributed by atoms with Gasteiger partial charge in [0, 0.05) is 6.54 Å². The van der Waals surface area contributed by atoms with Gasteiger partial charge in [-0.15, -0.1) is 5.10 Å². The van der Waals surface area contributed by atoms with Crippen LogP contribution in [-0.2, 0) is 9.53 Å². The molecule has 1 amide bonds. The number of benzene rings is 1. The van der Waals surface area contributed by atoms with E-state index >= 15 is 0 Å². The molecule has 0 bridgehead atoms. The predicted octanol–water partition coefficient (Wildman–Crippen LogP) is 2.62. The maximum Gasteiger partial charge on any atom is 0.233 e. The van der Waals surface area contributed by atoms with Gasteiger partial charge < -0.3 is 9.64 Å². The number of morpholine rings is 1. The minimum atomic E-state index is -0.279. The Morgan fingerprint density at radius 2 is 2.04 bits per heavy atom. The number of tetrazole rings is 1. The summed E-state index contributed by atoms with van der Waals surface area (Å²) < 4.78 is 20.7. The molecule has 7 nitrogen and oxygen atoms in total. The highest BCUT2D eigenvalue weighted by atomic mass is 32.2. The molecule has 9 heteroatoms. The fourth-order valence-electron chi connectivity index (χ4n) is 3.63. The van der Waals surface area contributed by atoms with E-state index in [1.54, 1.807) is 17.0 Å². The molecule has 1 aromatic heterocycles. The lowest BCUT2D eigenvalue weighted by molar-refractivity contribution is -0.136. The number of carbonyl (C=O) groups is 1. The Balaban J connectivity index is 1.34. The Hall–Kier alpha value is -2.00. The van der Waals surface area contributed by atoms with Crippen LogP contribution in [0.15, 0.2) is 29.4 Å². The lowest BCUT2D eigenvalue weighted by Crippen LogP contribution is -2.43. The summed E-state index contributed by atoms with van der Waals surface area (Å²) >= 11 is 1.39. The van der Waals surface area contributed by atoms with Crippen molar-refractivity contribution in [3.05, 3.63) is 35.6 Å². The average Bonchev–Trinajstić information content (AvgIpc) is 3.38. The number of halogens is 1. The standard InChI is InChI=1S/C18H22FN5O2S/c19-14-7-5-13(6-8-14)16-11-23(9-10-26-16)17(25)12-27-18-20-21-22-24(18)15-3-1-2-4-15/h5-8,15-16H,1-4,9-12H2. The zero-order valence-electron chi connectivity index (χ0n) is 15.0. The molecule has 0 N–H and O–H groups in total. The summed E-state index contributed by atoms with van der Waals surface area (Å²) in [4.78, 5) is 14.5. The van der Waals surface area contributed by atoms with Crippen molar-refractivity contribution in [2.75, 3.05) is 25.4 Å². The second-order valence-corrected chi connectivity index (χ2v) is 7.83. The Kier molecular flexibility index (Phi) is 5.68. The molecule has 1 unspecified atom stereocenters. The van der Waals surface area contributed by atoms with E-state index in [-0.39, 0.29) is 17.8 Å². The van der Waals surface area contributed by atoms with Crippen LogP contribution in [0.5, 0.6) is 0 Å². The predicted molar refractivity (Wildman–Crippen MR) is 97.7 cm³/mol. The molecule has 1 aliphatic carbocycles. The van der Waals surface area contributed by atoms with Crippen molar-refractivity contribution >= 4 is 17.7 Å². The highest BCUT2D eigenvalue weighted by Gasteiger charge is 2.27. The second-order valence-electron chi connectivity index (χ2n) is 6.88. The van der Waals surface area contributed by atoms with Gasteiger partial charge in [-0.1, -0.05) is 36.7 Å². The number of rotatable bonds is 5. The first kappa shape index (κ1) is 18.4. The zero-order chi connectivity index (χ0) is 18.6. The van der Waals surface area contributed by atoms with Crippen LogP contribution < -0.4 is 0 Å². The minimum absolute atomic E-state index is 0.0383. The third-order valence-corrected chi connectivity index (χ3v) is 6.04. The van der Waals surface area contributed by atoms with Gasteiger partial charge >= 0.3 is 0 Å². The third-order valence-electron chi connectivity index (χ3n) is 5.12. The molecular weight excluding hydrogens is 369 g/mol. The van der Waals surface area contributed by atoms with Crippen molar-refractivity contribution in [3.63, 3.8) is 0 Å². The summed E-state index contributed by atoms with van der Waals surface area (Å²) in [7, 11) is 0. The van der Waals surface area contributed by atoms with Crippen molar-refractivity contribution < 1.29 is 13.9 Å². The number of ether oxygens (including phenoxy) is 1. The number of hydrogen-bond acceptors (Lipinski definition) is 6. The molecule has 1 atom stereocenters. The van der Waals surface area contributed by atoms with Gasteiger partial charge in [0.2, 0.25) is 11.1 Å². The number of hydrogen-bond donors (Lipinski definition) is 0. The Morgan fingerprint density at radius 1 is 1.26 bits per heavy atom. The van der Waals surface area contributed by atoms with E-state index in [2.05, 4.69) is 15.5 Å². The van der Waals surface area contributed by atoms with Gasteiger partial charge in [-0.25, -0.2) is 9.07 Å². The second kappa shape index (κ2) is 8.35. The molecule has 2 aromatic rings. The molecular formula is C18H22FN5O2S. The number of nitrogens with zero attached hydrogens (tertiary/aromatic N) is 5. The highest BCUT2D eigenvalue weighted by molar-refractivity contribution is 7.99. The highest BCUT2D eigenvalue weighted by Crippen LogP contribution is 2.31. The molecule has 1 aliphatic heterocycles. The van der Waals surface area contributed by atoms with Crippen molar-refractivity contribution in [2.45, 2.75) is 43.0 Å². The Morgan fingerprint density at radius 3 is 2.81 bits per heavy atom. The summed E-state index contributed by atoms with van der Waals surface area (Å²) in [5, 5.41) is 12.7. The van der Waals surface area contributed by atoms with Crippen LogP contribution in [0.4, 0.5) is 4.39 Å². The van der Waals surface area contributed by atoms with E-state index in [0.29, 0.717) is 36.6 Å². The van der Waals surface area contributed by atoms with Crippen molar-refractivity contribution in [1.82, 2.24) is 25.1 Å². The number of aromatic nitrogens is 4. The van der Waals surface area contributed by atoms with Crippen LogP contribution >= 0.6 is 11.8 Å². The molecule has 1 saturated carbocycles. The first-order chi connectivity index (χ1) is 13.2. The maximum atomic E-state index is 13.1. The van der Waals surface area contributed by atoms with E-state index in [1.807, 2.05) is 4.68 Å². The molecule has 4 rings (SSSR count). The van der Waals surface area contributed by atoms with Crippen LogP contribution in [0.1, 0.15) is 43.4 Å². The minimum Gasteiger partial charge on any atom is -0.370 e. The molecule has 2 fully saturated rings. The average molecular weight is 391 g/mol. The largest absolute Gasteiger partial charge is 0.370 e. The van der Waals surface area contributed by atoms with Gasteiger partial charge in [-0.3, -0.25) is 4.79 Å². The SMILES string of the molecule is O=C(CSc1nnnn1C1CCCC1)N1CCOC(c2ccc(F)cc2)C1. The van der Waals surface area contributed by atoms with E-state index < -0.39 is 0 Å². The molecule has 2 heterocycles. The summed E-state index contributed by atoms with van der Waals surface area (Å²) in [6.07, 6.45) is 4.36. The summed E-state index contributed by atoms with van der Waals surface area (Å²) in [5.74, 6) is 0.0544. The van der Waals surface area contributed by atoms with E-state index in [4.69, 9.17) is 4.74 Å². The first-order valence-electron chi connectivity index (χ1n) is 9.26. The van der Waals surface area contributed by atoms with Crippen LogP contribution in [0.25, 0.3) is 0 Å². The molecule has 0 spiro atoms. The lowest BCUT2D eigenvalue weighted by Gasteiger charge is -2.33. The summed E-state index contributed by atoms with van der Waals surface area (Å²) in [6, 6.07) is 6.59. The zero-order valence-corrected chi connectivity index (χ0v) is 15.8. The molecule has 2 aliphatic rings. The Bertz CT molecular complexity index is 778. The van der Waals surface area contributed by atoms with E-state index in [1.165, 1.54) is 36.7 Å². The maximum absolute atomic E-state index is 13.1. The van der Waals surface area contributed by atoms with Gasteiger partial charge in [-0.2, -0.15) is 0 Å². The van der Waals surface area contributed by atoms with E-state index in [9.17, 15) is 9.18 Å². The van der Waals surface area contributed by atoms with Crippen molar-refractivity contribution in [1.29, 1.82) is 0 Å². The normalized spacial score (nSPS) is 20.9. The number of amides is 1. The quantitative estimate of drug-likeness (QED) is 0.730. The van der Waals surface area contributed by atoms with Crippen LogP contribution in [-0.4, -0.2) is 56.5 Å². The fraction of sp³-hybridized carbons (Fsp3) is 0.556. The smallest absolute Gasteiger partial charge is 0.233 e. The van der Waals surface area contributed by atoms with Crippen LogP contribution in [0.2, 0.25) is 0 Å². The molecule has 1 saturated heterocycles. The molecule has 144 valence electrons. The topological polar surface area (TPSA) is 73.1 Å². The van der Waals surface area contributed by atoms with E-state index in [0.717, 1.165) is 18.4 Å². The van der Waals surface area contributed by atoms with Crippen LogP contribution in [0.3, 0.4) is 0 Å². The van der Waals surface area contributed by atoms with Gasteiger partial charge in [0.15, 0.2) is 0 Å². The lowest BCUT2D eigenvalue weighted by atomic mass is 10.1. The van der Waals surface area contributed by atoms with Crippen molar-refractivity contribution in [3.8, 4) is 0 Å². The monoisotopic (exact) mass is 391 g/mol. The number of thioether (sulfide) groups is 1. The van der Waals surface area contributed by atoms with Gasteiger partial charge in [0.05, 0.1) is 24.9 Å². The van der Waals surface area contributed by atoms with Crippen LogP contribution in [0, 0.1) is 5.82 Å². The number of carbonyl (C=O) groups excluding carboxylic acids is 1.